The molecule has 0 radical (unpaired) electrons. The summed E-state index contributed by atoms with van der Waals surface area (Å²) in [6.45, 7) is 0. The zero-order chi connectivity index (χ0) is 16.1. The van der Waals surface area contributed by atoms with Gasteiger partial charge in [-0.2, -0.15) is 0 Å². The van der Waals surface area contributed by atoms with Crippen LogP contribution in [0.3, 0.4) is 0 Å². The Morgan fingerprint density at radius 1 is 0.870 bits per heavy atom. The average molecular weight is 302 g/mol. The van der Waals surface area contributed by atoms with E-state index in [9.17, 15) is 0 Å². The highest BCUT2D eigenvalue weighted by molar-refractivity contribution is 5.98. The normalized spacial score (nSPS) is 10.3. The van der Waals surface area contributed by atoms with Crippen molar-refractivity contribution in [3.63, 3.8) is 0 Å². The summed E-state index contributed by atoms with van der Waals surface area (Å²) in [5, 5.41) is 7.88. The van der Waals surface area contributed by atoms with Gasteiger partial charge in [0, 0.05) is 12.1 Å². The Bertz CT molecular complexity index is 785. The number of guanidine groups is 1. The van der Waals surface area contributed by atoms with Gasteiger partial charge in [0.25, 0.3) is 0 Å². The molecule has 4 heteroatoms. The lowest BCUT2D eigenvalue weighted by molar-refractivity contribution is 1.05. The molecule has 0 fully saturated rings. The predicted molar refractivity (Wildman–Crippen MR) is 94.0 cm³/mol. The Labute approximate surface area is 135 Å². The fraction of sp³-hybridized carbons (Fsp3) is 0.0526. The molecule has 0 aliphatic rings. The molecular weight excluding hydrogens is 284 g/mol. The van der Waals surface area contributed by atoms with Crippen LogP contribution < -0.4 is 10.6 Å². The van der Waals surface area contributed by atoms with E-state index in [0.29, 0.717) is 5.82 Å². The summed E-state index contributed by atoms with van der Waals surface area (Å²) in [4.78, 5) is 6.30. The lowest BCUT2D eigenvalue weighted by atomic mass is 10.1. The molecular formula is C19H18N4. The van der Waals surface area contributed by atoms with Gasteiger partial charge in [-0.3, -0.25) is 10.3 Å². The zero-order valence-corrected chi connectivity index (χ0v) is 12.7. The summed E-state index contributed by atoms with van der Waals surface area (Å²) in [5.74, 6) is 0.595. The van der Waals surface area contributed by atoms with Crippen LogP contribution in [0.25, 0.3) is 0 Å². The molecule has 1 heterocycles. The molecule has 0 atom stereocenters. The van der Waals surface area contributed by atoms with Crippen LogP contribution in [0.2, 0.25) is 0 Å². The third-order valence-electron chi connectivity index (χ3n) is 3.50. The number of rotatable bonds is 4. The lowest BCUT2D eigenvalue weighted by Gasteiger charge is -2.22. The average Bonchev–Trinajstić information content (AvgIpc) is 2.57. The van der Waals surface area contributed by atoms with Gasteiger partial charge in [-0.05, 0) is 29.8 Å². The van der Waals surface area contributed by atoms with E-state index in [2.05, 4.69) is 17.1 Å². The second-order valence-corrected chi connectivity index (χ2v) is 5.21. The molecule has 0 bridgehead atoms. The SMILES string of the molecule is N=C(N)N(c1ccccc1)c1cccc(Cc2ccccc2)n1. The molecule has 23 heavy (non-hydrogen) atoms. The van der Waals surface area contributed by atoms with Crippen LogP contribution in [-0.4, -0.2) is 10.9 Å². The molecule has 114 valence electrons. The van der Waals surface area contributed by atoms with Crippen molar-refractivity contribution < 1.29 is 0 Å². The first-order valence-electron chi connectivity index (χ1n) is 7.43. The van der Waals surface area contributed by atoms with Gasteiger partial charge in [-0.25, -0.2) is 4.98 Å². The molecule has 0 amide bonds. The number of hydrogen-bond donors (Lipinski definition) is 2. The van der Waals surface area contributed by atoms with E-state index in [4.69, 9.17) is 11.1 Å². The molecule has 3 rings (SSSR count). The maximum Gasteiger partial charge on any atom is 0.198 e. The van der Waals surface area contributed by atoms with Gasteiger partial charge in [-0.15, -0.1) is 0 Å². The van der Waals surface area contributed by atoms with Gasteiger partial charge in [0.2, 0.25) is 0 Å². The maximum atomic E-state index is 7.88. The van der Waals surface area contributed by atoms with E-state index in [1.165, 1.54) is 5.56 Å². The summed E-state index contributed by atoms with van der Waals surface area (Å²) >= 11 is 0. The molecule has 0 saturated heterocycles. The summed E-state index contributed by atoms with van der Waals surface area (Å²) < 4.78 is 0. The topological polar surface area (TPSA) is 66.0 Å². The second kappa shape index (κ2) is 6.75. The standard InChI is InChI=1S/C19H18N4/c20-19(21)23(17-11-5-2-6-12-17)18-13-7-10-16(22-18)14-15-8-3-1-4-9-15/h1-13H,14H2,(H3,20,21). The largest absolute Gasteiger partial charge is 0.369 e. The van der Waals surface area contributed by atoms with E-state index >= 15 is 0 Å². The molecule has 0 aliphatic carbocycles. The van der Waals surface area contributed by atoms with E-state index in [-0.39, 0.29) is 5.96 Å². The quantitative estimate of drug-likeness (QED) is 0.570. The van der Waals surface area contributed by atoms with Crippen molar-refractivity contribution in [2.24, 2.45) is 5.73 Å². The number of benzene rings is 2. The Balaban J connectivity index is 1.92. The first-order chi connectivity index (χ1) is 11.2. The highest BCUT2D eigenvalue weighted by Crippen LogP contribution is 2.23. The van der Waals surface area contributed by atoms with Crippen LogP contribution in [-0.2, 0) is 6.42 Å². The van der Waals surface area contributed by atoms with Gasteiger partial charge in [0.05, 0.1) is 5.69 Å². The summed E-state index contributed by atoms with van der Waals surface area (Å²) in [6.07, 6.45) is 0.745. The first kappa shape index (κ1) is 14.8. The van der Waals surface area contributed by atoms with Crippen LogP contribution in [0.1, 0.15) is 11.3 Å². The van der Waals surface area contributed by atoms with E-state index in [1.807, 2.05) is 66.7 Å². The van der Waals surface area contributed by atoms with Crippen LogP contribution >= 0.6 is 0 Å². The first-order valence-corrected chi connectivity index (χ1v) is 7.43. The molecule has 0 aliphatic heterocycles. The number of hydrogen-bond acceptors (Lipinski definition) is 2. The third-order valence-corrected chi connectivity index (χ3v) is 3.50. The molecule has 3 aromatic rings. The van der Waals surface area contributed by atoms with Crippen molar-refractivity contribution in [1.82, 2.24) is 4.98 Å². The number of nitrogens with zero attached hydrogens (tertiary/aromatic N) is 2. The van der Waals surface area contributed by atoms with Crippen LogP contribution in [0.15, 0.2) is 78.9 Å². The van der Waals surface area contributed by atoms with Crippen molar-refractivity contribution in [2.75, 3.05) is 4.90 Å². The van der Waals surface area contributed by atoms with E-state index < -0.39 is 0 Å². The fourth-order valence-corrected chi connectivity index (χ4v) is 2.47. The Kier molecular flexibility index (Phi) is 4.34. The number of aromatic nitrogens is 1. The van der Waals surface area contributed by atoms with Gasteiger partial charge >= 0.3 is 0 Å². The van der Waals surface area contributed by atoms with Crippen molar-refractivity contribution >= 4 is 17.5 Å². The van der Waals surface area contributed by atoms with Crippen molar-refractivity contribution in [1.29, 1.82) is 5.41 Å². The molecule has 2 aromatic carbocycles. The molecule has 0 unspecified atom stereocenters. The van der Waals surface area contributed by atoms with E-state index in [0.717, 1.165) is 17.8 Å². The molecule has 1 aromatic heterocycles. The van der Waals surface area contributed by atoms with Crippen LogP contribution in [0, 0.1) is 5.41 Å². The molecule has 4 nitrogen and oxygen atoms in total. The van der Waals surface area contributed by atoms with Gasteiger partial charge in [0.15, 0.2) is 5.96 Å². The lowest BCUT2D eigenvalue weighted by Crippen LogP contribution is -2.33. The van der Waals surface area contributed by atoms with Crippen molar-refractivity contribution in [3.8, 4) is 0 Å². The van der Waals surface area contributed by atoms with Crippen LogP contribution in [0.4, 0.5) is 11.5 Å². The number of anilines is 2. The zero-order valence-electron chi connectivity index (χ0n) is 12.7. The molecule has 3 N–H and O–H groups in total. The minimum absolute atomic E-state index is 0.0550. The number of nitrogens with two attached hydrogens (primary N) is 1. The number of pyridine rings is 1. The number of nitrogens with one attached hydrogen (secondary N) is 1. The van der Waals surface area contributed by atoms with E-state index in [1.54, 1.807) is 4.90 Å². The summed E-state index contributed by atoms with van der Waals surface area (Å²) in [5.41, 5.74) is 8.74. The number of para-hydroxylation sites is 1. The Hall–Kier alpha value is -3.14. The summed E-state index contributed by atoms with van der Waals surface area (Å²) in [6, 6.07) is 25.6. The Morgan fingerprint density at radius 3 is 2.17 bits per heavy atom. The second-order valence-electron chi connectivity index (χ2n) is 5.21. The van der Waals surface area contributed by atoms with Gasteiger partial charge in [0.1, 0.15) is 5.82 Å². The van der Waals surface area contributed by atoms with Gasteiger partial charge < -0.3 is 5.73 Å². The Morgan fingerprint density at radius 2 is 1.52 bits per heavy atom. The highest BCUT2D eigenvalue weighted by Gasteiger charge is 2.13. The highest BCUT2D eigenvalue weighted by atomic mass is 15.3. The van der Waals surface area contributed by atoms with Crippen molar-refractivity contribution in [3.05, 3.63) is 90.1 Å². The molecule has 0 saturated carbocycles. The van der Waals surface area contributed by atoms with Crippen molar-refractivity contribution in [2.45, 2.75) is 6.42 Å². The maximum absolute atomic E-state index is 7.88. The minimum atomic E-state index is -0.0550. The monoisotopic (exact) mass is 302 g/mol. The van der Waals surface area contributed by atoms with Gasteiger partial charge in [-0.1, -0.05) is 54.6 Å². The third kappa shape index (κ3) is 3.55. The smallest absolute Gasteiger partial charge is 0.198 e. The fourth-order valence-electron chi connectivity index (χ4n) is 2.47. The summed E-state index contributed by atoms with van der Waals surface area (Å²) in [7, 11) is 0. The predicted octanol–water partition coefficient (Wildman–Crippen LogP) is 3.70. The minimum Gasteiger partial charge on any atom is -0.369 e. The van der Waals surface area contributed by atoms with Crippen LogP contribution in [0.5, 0.6) is 0 Å². The molecule has 0 spiro atoms.